The summed E-state index contributed by atoms with van der Waals surface area (Å²) in [7, 11) is 0. The van der Waals surface area contributed by atoms with Crippen LogP contribution in [0.5, 0.6) is 0 Å². The van der Waals surface area contributed by atoms with Gasteiger partial charge in [0.2, 0.25) is 0 Å². The minimum Gasteiger partial charge on any atom is -0.443 e. The van der Waals surface area contributed by atoms with Crippen LogP contribution in [-0.2, 0) is 16.0 Å². The van der Waals surface area contributed by atoms with Crippen LogP contribution in [-0.4, -0.2) is 24.4 Å². The quantitative estimate of drug-likeness (QED) is 0.351. The van der Waals surface area contributed by atoms with E-state index >= 15 is 0 Å². The Morgan fingerprint density at radius 3 is 1.94 bits per heavy atom. The molecule has 1 aliphatic rings. The topological polar surface area (TPSA) is 26.3 Å². The molecule has 0 bridgehead atoms. The molecule has 1 saturated carbocycles. The van der Waals surface area contributed by atoms with Crippen LogP contribution in [0.1, 0.15) is 69.8 Å². The van der Waals surface area contributed by atoms with Gasteiger partial charge < -0.3 is 4.74 Å². The Morgan fingerprint density at radius 1 is 0.806 bits per heavy atom. The van der Waals surface area contributed by atoms with Gasteiger partial charge in [0.15, 0.2) is 0 Å². The van der Waals surface area contributed by atoms with Crippen LogP contribution in [0.4, 0.5) is 26.3 Å². The zero-order chi connectivity index (χ0) is 22.9. The number of halogens is 6. The van der Waals surface area contributed by atoms with E-state index in [9.17, 15) is 31.1 Å². The number of benzene rings is 1. The van der Waals surface area contributed by atoms with Gasteiger partial charge in [-0.1, -0.05) is 81.7 Å². The highest BCUT2D eigenvalue weighted by Crippen LogP contribution is 2.37. The minimum absolute atomic E-state index is 0.243. The third-order valence-electron chi connectivity index (χ3n) is 5.86. The summed E-state index contributed by atoms with van der Waals surface area (Å²) in [4.78, 5) is 12.3. The standard InChI is InChI=1S/C23H30F6O2/c24-22(25,26)21(23(27,28)29)31-20(30)19-14-8-3-1-2-5-10-18(13-9-15-19)16-17-11-6-4-7-12-17/h4,6-7,11-12,18-19,21H,1-3,5,8-10,13-16H2. The van der Waals surface area contributed by atoms with Crippen LogP contribution in [0.15, 0.2) is 30.3 Å². The zero-order valence-corrected chi connectivity index (χ0v) is 17.5. The molecule has 0 aromatic heterocycles. The molecule has 0 radical (unpaired) electrons. The summed E-state index contributed by atoms with van der Waals surface area (Å²) >= 11 is 0. The SMILES string of the molecule is O=C(OC(C(F)(F)F)C(F)(F)F)C1CCCCCCCC(Cc2ccccc2)CCC1. The van der Waals surface area contributed by atoms with Gasteiger partial charge in [0.05, 0.1) is 5.92 Å². The van der Waals surface area contributed by atoms with E-state index in [1.807, 2.05) is 30.3 Å². The Hall–Kier alpha value is -1.73. The molecule has 31 heavy (non-hydrogen) atoms. The summed E-state index contributed by atoms with van der Waals surface area (Å²) in [5.41, 5.74) is 1.20. The third kappa shape index (κ3) is 9.11. The largest absolute Gasteiger partial charge is 0.443 e. The fraction of sp³-hybridized carbons (Fsp3) is 0.696. The van der Waals surface area contributed by atoms with Gasteiger partial charge in [-0.2, -0.15) is 26.3 Å². The number of esters is 1. The first kappa shape index (κ1) is 25.5. The van der Waals surface area contributed by atoms with Gasteiger partial charge in [0, 0.05) is 0 Å². The second-order valence-electron chi connectivity index (χ2n) is 8.43. The highest BCUT2D eigenvalue weighted by Gasteiger charge is 2.60. The lowest BCUT2D eigenvalue weighted by molar-refractivity contribution is -0.314. The molecule has 0 N–H and O–H groups in total. The number of carbonyl (C=O) groups is 1. The van der Waals surface area contributed by atoms with Crippen LogP contribution in [0.25, 0.3) is 0 Å². The van der Waals surface area contributed by atoms with E-state index in [0.29, 0.717) is 18.8 Å². The number of alkyl halides is 6. The molecule has 0 amide bonds. The maximum Gasteiger partial charge on any atom is 0.434 e. The van der Waals surface area contributed by atoms with Gasteiger partial charge in [0.1, 0.15) is 0 Å². The van der Waals surface area contributed by atoms with Crippen LogP contribution in [0.2, 0.25) is 0 Å². The average Bonchev–Trinajstić information content (AvgIpc) is 2.67. The van der Waals surface area contributed by atoms with Crippen LogP contribution in [0.3, 0.4) is 0 Å². The van der Waals surface area contributed by atoms with E-state index in [4.69, 9.17) is 0 Å². The monoisotopic (exact) mass is 452 g/mol. The molecule has 8 heteroatoms. The normalized spacial score (nSPS) is 22.4. The first-order chi connectivity index (χ1) is 14.6. The van der Waals surface area contributed by atoms with Crippen molar-refractivity contribution in [3.63, 3.8) is 0 Å². The fourth-order valence-electron chi connectivity index (χ4n) is 4.21. The Bertz CT molecular complexity index is 642. The van der Waals surface area contributed by atoms with E-state index in [-0.39, 0.29) is 12.8 Å². The van der Waals surface area contributed by atoms with Crippen LogP contribution >= 0.6 is 0 Å². The summed E-state index contributed by atoms with van der Waals surface area (Å²) in [6, 6.07) is 9.97. The summed E-state index contributed by atoms with van der Waals surface area (Å²) in [6.07, 6.45) is -7.23. The number of ether oxygens (including phenoxy) is 1. The van der Waals surface area contributed by atoms with Crippen molar-refractivity contribution in [3.8, 4) is 0 Å². The molecule has 2 atom stereocenters. The lowest BCUT2D eigenvalue weighted by Crippen LogP contribution is -2.46. The lowest BCUT2D eigenvalue weighted by atomic mass is 9.86. The molecular weight excluding hydrogens is 422 g/mol. The van der Waals surface area contributed by atoms with Crippen molar-refractivity contribution in [2.75, 3.05) is 0 Å². The predicted octanol–water partition coefficient (Wildman–Crippen LogP) is 7.41. The number of rotatable bonds is 4. The zero-order valence-electron chi connectivity index (χ0n) is 17.5. The summed E-state index contributed by atoms with van der Waals surface area (Å²) in [5.74, 6) is -1.96. The van der Waals surface area contributed by atoms with Gasteiger partial charge in [-0.15, -0.1) is 0 Å². The van der Waals surface area contributed by atoms with Crippen molar-refractivity contribution in [3.05, 3.63) is 35.9 Å². The van der Waals surface area contributed by atoms with Crippen LogP contribution in [0, 0.1) is 11.8 Å². The van der Waals surface area contributed by atoms with E-state index in [1.165, 1.54) is 5.56 Å². The Labute approximate surface area is 179 Å². The number of hydrogen-bond acceptors (Lipinski definition) is 2. The molecule has 1 aromatic carbocycles. The van der Waals surface area contributed by atoms with E-state index in [0.717, 1.165) is 44.9 Å². The fourth-order valence-corrected chi connectivity index (χ4v) is 4.21. The van der Waals surface area contributed by atoms with Gasteiger partial charge in [-0.25, -0.2) is 0 Å². The van der Waals surface area contributed by atoms with Crippen LogP contribution < -0.4 is 0 Å². The van der Waals surface area contributed by atoms with Gasteiger partial charge in [0.25, 0.3) is 6.10 Å². The molecule has 0 aliphatic heterocycles. The third-order valence-corrected chi connectivity index (χ3v) is 5.86. The van der Waals surface area contributed by atoms with E-state index in [2.05, 4.69) is 4.74 Å². The lowest BCUT2D eigenvalue weighted by Gasteiger charge is -2.26. The highest BCUT2D eigenvalue weighted by molar-refractivity contribution is 5.72. The maximum absolute atomic E-state index is 12.8. The first-order valence-electron chi connectivity index (χ1n) is 10.9. The minimum atomic E-state index is -5.68. The molecule has 1 aliphatic carbocycles. The number of hydrogen-bond donors (Lipinski definition) is 0. The summed E-state index contributed by atoms with van der Waals surface area (Å²) < 4.78 is 80.6. The Balaban J connectivity index is 2.01. The second-order valence-corrected chi connectivity index (χ2v) is 8.43. The maximum atomic E-state index is 12.8. The van der Waals surface area contributed by atoms with Crippen molar-refractivity contribution < 1.29 is 35.9 Å². The van der Waals surface area contributed by atoms with Crippen molar-refractivity contribution in [2.24, 2.45) is 11.8 Å². The molecule has 1 fully saturated rings. The Kier molecular flexibility index (Phi) is 9.69. The summed E-state index contributed by atoms with van der Waals surface area (Å²) in [5, 5.41) is 0. The van der Waals surface area contributed by atoms with Crippen molar-refractivity contribution >= 4 is 5.97 Å². The molecule has 2 unspecified atom stereocenters. The molecule has 0 saturated heterocycles. The van der Waals surface area contributed by atoms with Crippen molar-refractivity contribution in [1.29, 1.82) is 0 Å². The van der Waals surface area contributed by atoms with Crippen molar-refractivity contribution in [1.82, 2.24) is 0 Å². The molecular formula is C23H30F6O2. The van der Waals surface area contributed by atoms with E-state index in [1.54, 1.807) is 0 Å². The molecule has 176 valence electrons. The van der Waals surface area contributed by atoms with Gasteiger partial charge in [-0.3, -0.25) is 4.79 Å². The molecule has 1 aromatic rings. The van der Waals surface area contributed by atoms with E-state index < -0.39 is 30.3 Å². The molecule has 2 nitrogen and oxygen atoms in total. The molecule has 0 spiro atoms. The summed E-state index contributed by atoms with van der Waals surface area (Å²) in [6.45, 7) is 0. The van der Waals surface area contributed by atoms with Gasteiger partial charge in [-0.05, 0) is 30.7 Å². The Morgan fingerprint density at radius 2 is 1.32 bits per heavy atom. The molecule has 2 rings (SSSR count). The number of carbonyl (C=O) groups excluding carboxylic acids is 1. The smallest absolute Gasteiger partial charge is 0.434 e. The molecule has 0 heterocycles. The first-order valence-corrected chi connectivity index (χ1v) is 10.9. The van der Waals surface area contributed by atoms with Crippen molar-refractivity contribution in [2.45, 2.75) is 89.1 Å². The van der Waals surface area contributed by atoms with Gasteiger partial charge >= 0.3 is 18.3 Å². The predicted molar refractivity (Wildman–Crippen MR) is 105 cm³/mol. The second kappa shape index (κ2) is 11.8. The average molecular weight is 452 g/mol. The highest BCUT2D eigenvalue weighted by atomic mass is 19.4.